The number of thioether (sulfide) groups is 1. The number of hydrogen-bond acceptors (Lipinski definition) is 4. The summed E-state index contributed by atoms with van der Waals surface area (Å²) in [6, 6.07) is 8.22. The number of likely N-dealkylation sites (tertiary alicyclic amines) is 1. The first-order chi connectivity index (χ1) is 11.1. The lowest BCUT2D eigenvalue weighted by molar-refractivity contribution is -0.131. The summed E-state index contributed by atoms with van der Waals surface area (Å²) in [5, 5.41) is 7.74. The lowest BCUT2D eigenvalue weighted by atomic mass is 10.0. The Bertz CT molecular complexity index is 673. The van der Waals surface area contributed by atoms with Crippen LogP contribution in [0.5, 0.6) is 0 Å². The van der Waals surface area contributed by atoms with E-state index in [4.69, 9.17) is 0 Å². The van der Waals surface area contributed by atoms with Crippen LogP contribution in [-0.4, -0.2) is 44.3 Å². The maximum Gasteiger partial charge on any atom is 0.233 e. The number of nitrogens with zero attached hydrogens (tertiary/aromatic N) is 3. The van der Waals surface area contributed by atoms with Crippen LogP contribution in [-0.2, 0) is 4.79 Å². The minimum atomic E-state index is 0.178. The predicted molar refractivity (Wildman–Crippen MR) is 95.3 cm³/mol. The number of amides is 1. The van der Waals surface area contributed by atoms with Gasteiger partial charge in [-0.1, -0.05) is 39.8 Å². The van der Waals surface area contributed by atoms with Crippen molar-refractivity contribution in [3.05, 3.63) is 28.7 Å². The molecule has 5 nitrogen and oxygen atoms in total. The molecule has 1 fully saturated rings. The zero-order valence-corrected chi connectivity index (χ0v) is 15.4. The summed E-state index contributed by atoms with van der Waals surface area (Å²) >= 11 is 4.80. The van der Waals surface area contributed by atoms with Crippen molar-refractivity contribution in [2.24, 2.45) is 0 Å². The van der Waals surface area contributed by atoms with E-state index in [9.17, 15) is 4.79 Å². The molecular weight excluding hydrogens is 376 g/mol. The van der Waals surface area contributed by atoms with E-state index in [1.54, 1.807) is 0 Å². The molecule has 0 saturated carbocycles. The first-order valence-electron chi connectivity index (χ1n) is 7.74. The van der Waals surface area contributed by atoms with Crippen molar-refractivity contribution < 1.29 is 4.79 Å². The maximum atomic E-state index is 12.3. The van der Waals surface area contributed by atoms with Gasteiger partial charge in [0.2, 0.25) is 11.1 Å². The Labute approximate surface area is 148 Å². The van der Waals surface area contributed by atoms with Crippen molar-refractivity contribution in [2.45, 2.75) is 37.4 Å². The summed E-state index contributed by atoms with van der Waals surface area (Å²) in [5.41, 5.74) is 0.975. The molecule has 2 heterocycles. The van der Waals surface area contributed by atoms with E-state index >= 15 is 0 Å². The molecule has 0 spiro atoms. The fraction of sp³-hybridized carbons (Fsp3) is 0.438. The van der Waals surface area contributed by atoms with Crippen molar-refractivity contribution in [3.8, 4) is 11.4 Å². The quantitative estimate of drug-likeness (QED) is 0.802. The molecule has 1 N–H and O–H groups in total. The van der Waals surface area contributed by atoms with E-state index in [2.05, 4.69) is 38.0 Å². The van der Waals surface area contributed by atoms with Crippen LogP contribution in [0.4, 0.5) is 0 Å². The van der Waals surface area contributed by atoms with Gasteiger partial charge in [0.15, 0.2) is 5.82 Å². The van der Waals surface area contributed by atoms with E-state index in [1.165, 1.54) is 18.2 Å². The van der Waals surface area contributed by atoms with Gasteiger partial charge >= 0.3 is 0 Å². The molecule has 1 unspecified atom stereocenters. The highest BCUT2D eigenvalue weighted by Crippen LogP contribution is 2.23. The molecule has 1 aromatic heterocycles. The van der Waals surface area contributed by atoms with Gasteiger partial charge in [-0.25, -0.2) is 4.98 Å². The summed E-state index contributed by atoms with van der Waals surface area (Å²) in [4.78, 5) is 18.8. The number of piperidine rings is 1. The summed E-state index contributed by atoms with van der Waals surface area (Å²) < 4.78 is 1.02. The molecule has 2 aromatic rings. The molecule has 0 radical (unpaired) electrons. The molecular formula is C16H19BrN4OS. The fourth-order valence-electron chi connectivity index (χ4n) is 2.73. The van der Waals surface area contributed by atoms with E-state index in [1.807, 2.05) is 29.2 Å². The molecule has 0 aliphatic carbocycles. The van der Waals surface area contributed by atoms with Crippen molar-refractivity contribution in [2.75, 3.05) is 12.3 Å². The van der Waals surface area contributed by atoms with Gasteiger partial charge in [0.05, 0.1) is 5.75 Å². The highest BCUT2D eigenvalue weighted by Gasteiger charge is 2.23. The molecule has 1 aliphatic heterocycles. The average molecular weight is 395 g/mol. The number of aromatic amines is 1. The SMILES string of the molecule is CC1CCCCN1C(=O)CSc1n[nH]c(-c2ccc(Br)cc2)n1. The minimum absolute atomic E-state index is 0.178. The van der Waals surface area contributed by atoms with E-state index in [0.717, 1.165) is 35.2 Å². The predicted octanol–water partition coefficient (Wildman–Crippen LogP) is 3.73. The fourth-order valence-corrected chi connectivity index (χ4v) is 3.67. The highest BCUT2D eigenvalue weighted by molar-refractivity contribution is 9.10. The lowest BCUT2D eigenvalue weighted by Crippen LogP contribution is -2.42. The van der Waals surface area contributed by atoms with Gasteiger partial charge in [-0.05, 0) is 38.3 Å². The summed E-state index contributed by atoms with van der Waals surface area (Å²) in [6.07, 6.45) is 3.43. The molecule has 0 bridgehead atoms. The Morgan fingerprint density at radius 1 is 1.39 bits per heavy atom. The molecule has 1 atom stereocenters. The number of aromatic nitrogens is 3. The van der Waals surface area contributed by atoms with Crippen molar-refractivity contribution in [3.63, 3.8) is 0 Å². The smallest absolute Gasteiger partial charge is 0.233 e. The van der Waals surface area contributed by atoms with Crippen molar-refractivity contribution in [1.29, 1.82) is 0 Å². The zero-order valence-electron chi connectivity index (χ0n) is 13.0. The summed E-state index contributed by atoms with van der Waals surface area (Å²) in [5.74, 6) is 1.29. The van der Waals surface area contributed by atoms with Gasteiger partial charge in [0.1, 0.15) is 0 Å². The van der Waals surface area contributed by atoms with Crippen molar-refractivity contribution >= 4 is 33.6 Å². The van der Waals surface area contributed by atoms with Crippen molar-refractivity contribution in [1.82, 2.24) is 20.1 Å². The van der Waals surface area contributed by atoms with Crippen LogP contribution >= 0.6 is 27.7 Å². The minimum Gasteiger partial charge on any atom is -0.339 e. The number of hydrogen-bond donors (Lipinski definition) is 1. The average Bonchev–Trinajstić information content (AvgIpc) is 3.03. The van der Waals surface area contributed by atoms with Crippen LogP contribution in [0.1, 0.15) is 26.2 Å². The molecule has 1 saturated heterocycles. The highest BCUT2D eigenvalue weighted by atomic mass is 79.9. The van der Waals surface area contributed by atoms with E-state index < -0.39 is 0 Å². The van der Waals surface area contributed by atoms with Crippen LogP contribution in [0.3, 0.4) is 0 Å². The first-order valence-corrected chi connectivity index (χ1v) is 9.52. The Balaban J connectivity index is 1.58. The number of halogens is 1. The van der Waals surface area contributed by atoms with Gasteiger partial charge in [-0.3, -0.25) is 9.89 Å². The van der Waals surface area contributed by atoms with Gasteiger partial charge < -0.3 is 4.90 Å². The van der Waals surface area contributed by atoms with Gasteiger partial charge in [-0.2, -0.15) is 0 Å². The van der Waals surface area contributed by atoms with Gasteiger partial charge in [0.25, 0.3) is 0 Å². The molecule has 23 heavy (non-hydrogen) atoms. The number of carbonyl (C=O) groups excluding carboxylic acids is 1. The number of rotatable bonds is 4. The molecule has 1 amide bonds. The zero-order chi connectivity index (χ0) is 16.2. The largest absolute Gasteiger partial charge is 0.339 e. The number of benzene rings is 1. The number of nitrogens with one attached hydrogen (secondary N) is 1. The monoisotopic (exact) mass is 394 g/mol. The summed E-state index contributed by atoms with van der Waals surface area (Å²) in [6.45, 7) is 3.00. The molecule has 122 valence electrons. The number of H-pyrrole nitrogens is 1. The Hall–Kier alpha value is -1.34. The Kier molecular flexibility index (Phi) is 5.38. The third kappa shape index (κ3) is 4.14. The number of carbonyl (C=O) groups is 1. The van der Waals surface area contributed by atoms with Crippen LogP contribution in [0.2, 0.25) is 0 Å². The first kappa shape index (κ1) is 16.5. The Morgan fingerprint density at radius 2 is 2.17 bits per heavy atom. The van der Waals surface area contributed by atoms with Crippen LogP contribution in [0, 0.1) is 0 Å². The van der Waals surface area contributed by atoms with E-state index in [0.29, 0.717) is 17.0 Å². The maximum absolute atomic E-state index is 12.3. The molecule has 1 aliphatic rings. The van der Waals surface area contributed by atoms with E-state index in [-0.39, 0.29) is 5.91 Å². The normalized spacial score (nSPS) is 18.2. The summed E-state index contributed by atoms with van der Waals surface area (Å²) in [7, 11) is 0. The molecule has 3 rings (SSSR count). The standard InChI is InChI=1S/C16H19BrN4OS/c1-11-4-2-3-9-21(11)14(22)10-23-16-18-15(19-20-16)12-5-7-13(17)8-6-12/h5-8,11H,2-4,9-10H2,1H3,(H,18,19,20). The van der Waals surface area contributed by atoms with Crippen LogP contribution in [0.25, 0.3) is 11.4 Å². The third-order valence-electron chi connectivity index (χ3n) is 4.03. The van der Waals surface area contributed by atoms with Gasteiger partial charge in [-0.15, -0.1) is 5.10 Å². The molecule has 7 heteroatoms. The lowest BCUT2D eigenvalue weighted by Gasteiger charge is -2.33. The van der Waals surface area contributed by atoms with Crippen LogP contribution < -0.4 is 0 Å². The second kappa shape index (κ2) is 7.49. The molecule has 1 aromatic carbocycles. The van der Waals surface area contributed by atoms with Crippen LogP contribution in [0.15, 0.2) is 33.9 Å². The second-order valence-electron chi connectivity index (χ2n) is 5.69. The topological polar surface area (TPSA) is 61.9 Å². The third-order valence-corrected chi connectivity index (χ3v) is 5.39. The Morgan fingerprint density at radius 3 is 2.91 bits per heavy atom. The second-order valence-corrected chi connectivity index (χ2v) is 7.55. The van der Waals surface area contributed by atoms with Gasteiger partial charge in [0, 0.05) is 22.6 Å².